The van der Waals surface area contributed by atoms with Gasteiger partial charge in [-0.15, -0.1) is 0 Å². The third-order valence-electron chi connectivity index (χ3n) is 5.22. The molecule has 2 aromatic carbocycles. The number of aryl methyl sites for hydroxylation is 1. The van der Waals surface area contributed by atoms with E-state index in [-0.39, 0.29) is 5.82 Å². The maximum absolute atomic E-state index is 13.9. The third kappa shape index (κ3) is 4.11. The van der Waals surface area contributed by atoms with Gasteiger partial charge in [0.25, 0.3) is 5.91 Å². The minimum Gasteiger partial charge on any atom is -0.480 e. The van der Waals surface area contributed by atoms with Gasteiger partial charge in [-0.2, -0.15) is 0 Å². The van der Waals surface area contributed by atoms with E-state index in [2.05, 4.69) is 10.3 Å². The summed E-state index contributed by atoms with van der Waals surface area (Å²) in [4.78, 5) is 16.6. The Labute approximate surface area is 184 Å². The highest BCUT2D eigenvalue weighted by Crippen LogP contribution is 2.41. The first-order valence-electron chi connectivity index (χ1n) is 10.0. The molecule has 0 radical (unpaired) electrons. The smallest absolute Gasteiger partial charge is 0.262 e. The van der Waals surface area contributed by atoms with Crippen molar-refractivity contribution in [1.82, 2.24) is 4.98 Å². The van der Waals surface area contributed by atoms with Crippen LogP contribution in [-0.4, -0.2) is 30.2 Å². The molecular formula is C25H22F2N2O3. The molecule has 0 saturated heterocycles. The number of hydrogen-bond donors (Lipinski definition) is 1. The number of nitrogens with one attached hydrogen (secondary N) is 1. The van der Waals surface area contributed by atoms with E-state index in [0.717, 1.165) is 40.1 Å². The quantitative estimate of drug-likeness (QED) is 0.601. The maximum atomic E-state index is 13.9. The maximum Gasteiger partial charge on any atom is 0.262 e. The van der Waals surface area contributed by atoms with Gasteiger partial charge in [-0.05, 0) is 55.3 Å². The number of carbonyl (C=O) groups excluding carboxylic acids is 1. The lowest BCUT2D eigenvalue weighted by Crippen LogP contribution is -2.38. The largest absolute Gasteiger partial charge is 0.480 e. The molecule has 1 atom stereocenters. The van der Waals surface area contributed by atoms with Crippen molar-refractivity contribution in [3.63, 3.8) is 0 Å². The van der Waals surface area contributed by atoms with Crippen LogP contribution in [0.4, 0.5) is 14.6 Å². The zero-order valence-corrected chi connectivity index (χ0v) is 17.9. The molecule has 1 N–H and O–H groups in total. The predicted octanol–water partition coefficient (Wildman–Crippen LogP) is 5.15. The van der Waals surface area contributed by atoms with E-state index >= 15 is 0 Å². The second-order valence-corrected chi connectivity index (χ2v) is 7.84. The van der Waals surface area contributed by atoms with Gasteiger partial charge >= 0.3 is 0 Å². The van der Waals surface area contributed by atoms with E-state index in [4.69, 9.17) is 9.47 Å². The van der Waals surface area contributed by atoms with Crippen LogP contribution in [0.2, 0.25) is 0 Å². The van der Waals surface area contributed by atoms with E-state index in [1.165, 1.54) is 6.07 Å². The van der Waals surface area contributed by atoms with Crippen LogP contribution in [0.3, 0.4) is 0 Å². The highest BCUT2D eigenvalue weighted by molar-refractivity contribution is 6.04. The summed E-state index contributed by atoms with van der Waals surface area (Å²) >= 11 is 0. The number of fused-ring (bicyclic) bond motifs is 1. The van der Waals surface area contributed by atoms with Crippen molar-refractivity contribution in [3.05, 3.63) is 94.7 Å². The number of aromatic nitrogens is 1. The SMILES string of the molecule is COCC1(C)C=C(c2ccc(NC(=O)c3c(F)cccc3F)nc2)c2cccc(C)c2O1. The molecule has 1 aliphatic rings. The first-order valence-corrected chi connectivity index (χ1v) is 10.0. The van der Waals surface area contributed by atoms with Crippen LogP contribution in [0.1, 0.15) is 34.0 Å². The number of pyridine rings is 1. The number of halogens is 2. The van der Waals surface area contributed by atoms with Crippen LogP contribution in [-0.2, 0) is 4.74 Å². The molecule has 0 fully saturated rings. The van der Waals surface area contributed by atoms with E-state index in [9.17, 15) is 13.6 Å². The summed E-state index contributed by atoms with van der Waals surface area (Å²) in [6, 6.07) is 12.5. The molecular weight excluding hydrogens is 414 g/mol. The summed E-state index contributed by atoms with van der Waals surface area (Å²) in [5.41, 5.74) is 2.32. The molecule has 1 aliphatic heterocycles. The molecule has 1 unspecified atom stereocenters. The van der Waals surface area contributed by atoms with Gasteiger partial charge in [0, 0.05) is 24.4 Å². The second kappa shape index (κ2) is 8.51. The van der Waals surface area contributed by atoms with Gasteiger partial charge in [-0.25, -0.2) is 13.8 Å². The van der Waals surface area contributed by atoms with Crippen molar-refractivity contribution in [2.24, 2.45) is 0 Å². The fourth-order valence-corrected chi connectivity index (χ4v) is 3.76. The zero-order valence-electron chi connectivity index (χ0n) is 17.9. The summed E-state index contributed by atoms with van der Waals surface area (Å²) in [6.45, 7) is 4.28. The Kier molecular flexibility index (Phi) is 5.76. The summed E-state index contributed by atoms with van der Waals surface area (Å²) in [5, 5.41) is 2.44. The molecule has 4 rings (SSSR count). The van der Waals surface area contributed by atoms with E-state index < -0.39 is 28.7 Å². The van der Waals surface area contributed by atoms with Crippen molar-refractivity contribution < 1.29 is 23.0 Å². The number of amides is 1. The van der Waals surface area contributed by atoms with E-state index in [1.807, 2.05) is 38.1 Å². The Morgan fingerprint density at radius 2 is 1.84 bits per heavy atom. The first kappa shape index (κ1) is 21.6. The highest BCUT2D eigenvalue weighted by Gasteiger charge is 2.32. The average molecular weight is 436 g/mol. The van der Waals surface area contributed by atoms with Gasteiger partial charge in [0.2, 0.25) is 0 Å². The molecule has 0 bridgehead atoms. The lowest BCUT2D eigenvalue weighted by Gasteiger charge is -2.34. The Hall–Kier alpha value is -3.58. The average Bonchev–Trinajstić information content (AvgIpc) is 2.74. The summed E-state index contributed by atoms with van der Waals surface area (Å²) < 4.78 is 39.3. The fourth-order valence-electron chi connectivity index (χ4n) is 3.76. The van der Waals surface area contributed by atoms with Gasteiger partial charge in [0.15, 0.2) is 0 Å². The Morgan fingerprint density at radius 1 is 1.12 bits per heavy atom. The Morgan fingerprint density at radius 3 is 2.50 bits per heavy atom. The molecule has 1 amide bonds. The summed E-state index contributed by atoms with van der Waals surface area (Å²) in [7, 11) is 1.62. The van der Waals surface area contributed by atoms with Gasteiger partial charge in [-0.1, -0.05) is 24.3 Å². The molecule has 0 saturated carbocycles. The van der Waals surface area contributed by atoms with Gasteiger partial charge in [-0.3, -0.25) is 4.79 Å². The number of rotatable bonds is 5. The molecule has 0 aliphatic carbocycles. The van der Waals surface area contributed by atoms with Gasteiger partial charge in [0.05, 0.1) is 6.61 Å². The standard InChI is InChI=1S/C25H22F2N2O3/c1-15-6-4-7-17-18(12-25(2,14-31-3)32-23(15)17)16-10-11-21(28-13-16)29-24(30)22-19(26)8-5-9-20(22)27/h4-13H,14H2,1-3H3,(H,28,29,30). The third-order valence-corrected chi connectivity index (χ3v) is 5.22. The van der Waals surface area contributed by atoms with Crippen molar-refractivity contribution in [2.45, 2.75) is 19.4 Å². The van der Waals surface area contributed by atoms with Gasteiger partial charge < -0.3 is 14.8 Å². The molecule has 0 spiro atoms. The Balaban J connectivity index is 1.65. The monoisotopic (exact) mass is 436 g/mol. The normalized spacial score (nSPS) is 17.2. The number of hydrogen-bond acceptors (Lipinski definition) is 4. The highest BCUT2D eigenvalue weighted by atomic mass is 19.1. The first-order chi connectivity index (χ1) is 15.3. The van der Waals surface area contributed by atoms with Crippen LogP contribution in [0.15, 0.2) is 60.8 Å². The molecule has 32 heavy (non-hydrogen) atoms. The van der Waals surface area contributed by atoms with E-state index in [1.54, 1.807) is 25.4 Å². The van der Waals surface area contributed by atoms with Gasteiger partial charge in [0.1, 0.15) is 34.4 Å². The van der Waals surface area contributed by atoms with Crippen molar-refractivity contribution in [2.75, 3.05) is 19.0 Å². The number of ether oxygens (including phenoxy) is 2. The Bertz CT molecular complexity index is 1190. The number of benzene rings is 2. The van der Waals surface area contributed by atoms with Crippen LogP contribution in [0.5, 0.6) is 5.75 Å². The number of anilines is 1. The topological polar surface area (TPSA) is 60.5 Å². The van der Waals surface area contributed by atoms with Crippen LogP contribution >= 0.6 is 0 Å². The molecule has 1 aromatic heterocycles. The molecule has 5 nitrogen and oxygen atoms in total. The number of para-hydroxylation sites is 1. The molecule has 164 valence electrons. The predicted molar refractivity (Wildman–Crippen MR) is 118 cm³/mol. The van der Waals surface area contributed by atoms with Crippen LogP contribution < -0.4 is 10.1 Å². The minimum atomic E-state index is -0.934. The second-order valence-electron chi connectivity index (χ2n) is 7.84. The molecule has 2 heterocycles. The fraction of sp³-hybridized carbons (Fsp3) is 0.200. The van der Waals surface area contributed by atoms with E-state index in [0.29, 0.717) is 6.61 Å². The molecule has 7 heteroatoms. The van der Waals surface area contributed by atoms with Crippen LogP contribution in [0, 0.1) is 18.6 Å². The number of methoxy groups -OCH3 is 1. The summed E-state index contributed by atoms with van der Waals surface area (Å²) in [6.07, 6.45) is 3.59. The lowest BCUT2D eigenvalue weighted by molar-refractivity contribution is 0.0369. The summed E-state index contributed by atoms with van der Waals surface area (Å²) in [5.74, 6) is -1.82. The minimum absolute atomic E-state index is 0.179. The van der Waals surface area contributed by atoms with Crippen molar-refractivity contribution in [3.8, 4) is 5.75 Å². The van der Waals surface area contributed by atoms with Crippen LogP contribution in [0.25, 0.3) is 5.57 Å². The molecule has 3 aromatic rings. The van der Waals surface area contributed by atoms with Crippen molar-refractivity contribution >= 4 is 17.3 Å². The zero-order chi connectivity index (χ0) is 22.9. The lowest BCUT2D eigenvalue weighted by atomic mass is 9.89. The van der Waals surface area contributed by atoms with Crippen molar-refractivity contribution in [1.29, 1.82) is 0 Å². The number of carbonyl (C=O) groups is 1. The number of nitrogens with zero attached hydrogens (tertiary/aromatic N) is 1.